The van der Waals surface area contributed by atoms with E-state index in [1.807, 2.05) is 36.4 Å². The molecule has 210 valence electrons. The number of nitrogens with two attached hydrogens (primary N) is 2. The number of nitrogen functional groups attached to an aromatic ring is 2. The van der Waals surface area contributed by atoms with Gasteiger partial charge in [0, 0.05) is 17.5 Å². The summed E-state index contributed by atoms with van der Waals surface area (Å²) in [5.41, 5.74) is 14.9. The Kier molecular flexibility index (Phi) is 10.6. The molecule has 0 saturated heterocycles. The lowest BCUT2D eigenvalue weighted by atomic mass is 9.84. The fourth-order valence-corrected chi connectivity index (χ4v) is 4.85. The van der Waals surface area contributed by atoms with Crippen LogP contribution in [0.15, 0.2) is 72.8 Å². The second kappa shape index (κ2) is 14.8. The van der Waals surface area contributed by atoms with Crippen molar-refractivity contribution in [1.82, 2.24) is 0 Å². The van der Waals surface area contributed by atoms with Gasteiger partial charge in [0.15, 0.2) is 0 Å². The largest absolute Gasteiger partial charge is 0.494 e. The highest BCUT2D eigenvalue weighted by molar-refractivity contribution is 5.91. The van der Waals surface area contributed by atoms with Crippen LogP contribution >= 0.6 is 0 Å². The minimum Gasteiger partial charge on any atom is -0.494 e. The van der Waals surface area contributed by atoms with Gasteiger partial charge >= 0.3 is 11.9 Å². The van der Waals surface area contributed by atoms with Crippen LogP contribution in [0.5, 0.6) is 11.5 Å². The fourth-order valence-electron chi connectivity index (χ4n) is 4.85. The summed E-state index contributed by atoms with van der Waals surface area (Å²) >= 11 is 0. The molecular formula is C33H38N2O5. The number of hydrogen-bond donors (Lipinski definition) is 2. The molecule has 0 aliphatic heterocycles. The fraction of sp³-hybridized carbons (Fsp3) is 0.333. The topological polar surface area (TPSA) is 114 Å². The van der Waals surface area contributed by atoms with E-state index in [0.29, 0.717) is 41.8 Å². The van der Waals surface area contributed by atoms with Crippen molar-refractivity contribution in [2.75, 3.05) is 24.7 Å². The second-order valence-electron chi connectivity index (χ2n) is 10.2. The Morgan fingerprint density at radius 3 is 2.12 bits per heavy atom. The molecule has 0 bridgehead atoms. The third-order valence-corrected chi connectivity index (χ3v) is 6.97. The van der Waals surface area contributed by atoms with Crippen molar-refractivity contribution in [2.24, 2.45) is 0 Å². The van der Waals surface area contributed by atoms with E-state index in [0.717, 1.165) is 30.6 Å². The van der Waals surface area contributed by atoms with Crippen LogP contribution in [0.4, 0.5) is 11.4 Å². The summed E-state index contributed by atoms with van der Waals surface area (Å²) in [7, 11) is 0. The molecule has 0 heterocycles. The molecular weight excluding hydrogens is 504 g/mol. The SMILES string of the molecule is Nc1cc(N)cc(C(=O)OCCCCCOc2ccc(/C=C/C(=O)Oc3ccc(C4CCCCC4)cc3)cc2)c1. The first-order chi connectivity index (χ1) is 19.5. The molecule has 0 amide bonds. The van der Waals surface area contributed by atoms with Gasteiger partial charge in [0.2, 0.25) is 0 Å². The predicted octanol–water partition coefficient (Wildman–Crippen LogP) is 6.92. The standard InChI is InChI=1S/C33H38N2O5/c34-28-21-27(22-29(35)23-28)33(37)39-20-6-2-5-19-38-30-14-9-24(10-15-30)11-18-32(36)40-31-16-12-26(13-17-31)25-7-3-1-4-8-25/h9-18,21-23,25H,1-8,19-20,34-35H2/b18-11+. The van der Waals surface area contributed by atoms with E-state index < -0.39 is 11.9 Å². The molecule has 0 aromatic heterocycles. The Labute approximate surface area is 236 Å². The number of carbonyl (C=O) groups excluding carboxylic acids is 2. The first kappa shape index (κ1) is 28.7. The number of rotatable bonds is 12. The molecule has 0 radical (unpaired) electrons. The highest BCUT2D eigenvalue weighted by Crippen LogP contribution is 2.33. The van der Waals surface area contributed by atoms with Crippen molar-refractivity contribution in [3.05, 3.63) is 89.5 Å². The van der Waals surface area contributed by atoms with E-state index in [4.69, 9.17) is 25.7 Å². The summed E-state index contributed by atoms with van der Waals surface area (Å²) in [5, 5.41) is 0. The van der Waals surface area contributed by atoms with E-state index in [1.54, 1.807) is 24.3 Å². The lowest BCUT2D eigenvalue weighted by Gasteiger charge is -2.21. The first-order valence-electron chi connectivity index (χ1n) is 14.0. The van der Waals surface area contributed by atoms with Crippen LogP contribution in [0.1, 0.15) is 78.8 Å². The van der Waals surface area contributed by atoms with Gasteiger partial charge in [-0.15, -0.1) is 0 Å². The normalized spacial score (nSPS) is 13.7. The first-order valence-corrected chi connectivity index (χ1v) is 14.0. The van der Waals surface area contributed by atoms with Crippen molar-refractivity contribution in [3.8, 4) is 11.5 Å². The maximum atomic E-state index is 12.3. The Balaban J connectivity index is 1.10. The number of esters is 2. The van der Waals surface area contributed by atoms with Crippen LogP contribution in [0.2, 0.25) is 0 Å². The molecule has 4 N–H and O–H groups in total. The summed E-state index contributed by atoms with van der Waals surface area (Å²) in [6.07, 6.45) is 12.0. The highest BCUT2D eigenvalue weighted by atomic mass is 16.5. The molecule has 0 spiro atoms. The summed E-state index contributed by atoms with van der Waals surface area (Å²) in [5.74, 6) is 1.10. The third kappa shape index (κ3) is 9.19. The third-order valence-electron chi connectivity index (χ3n) is 6.97. The number of ether oxygens (including phenoxy) is 3. The zero-order chi connectivity index (χ0) is 28.2. The van der Waals surface area contributed by atoms with Gasteiger partial charge in [-0.05, 0) is 97.7 Å². The Morgan fingerprint density at radius 1 is 0.775 bits per heavy atom. The number of unbranched alkanes of at least 4 members (excludes halogenated alkanes) is 2. The van der Waals surface area contributed by atoms with Crippen LogP contribution in [0.3, 0.4) is 0 Å². The number of hydrogen-bond acceptors (Lipinski definition) is 7. The average Bonchev–Trinajstić information content (AvgIpc) is 2.96. The molecule has 0 unspecified atom stereocenters. The van der Waals surface area contributed by atoms with Crippen molar-refractivity contribution in [2.45, 2.75) is 57.3 Å². The number of benzene rings is 3. The van der Waals surface area contributed by atoms with E-state index >= 15 is 0 Å². The molecule has 3 aromatic carbocycles. The van der Waals surface area contributed by atoms with Gasteiger partial charge in [-0.3, -0.25) is 0 Å². The maximum absolute atomic E-state index is 12.3. The van der Waals surface area contributed by atoms with Gasteiger partial charge < -0.3 is 25.7 Å². The van der Waals surface area contributed by atoms with Crippen molar-refractivity contribution >= 4 is 29.4 Å². The summed E-state index contributed by atoms with van der Waals surface area (Å²) in [6.45, 7) is 0.878. The Bertz CT molecular complexity index is 1260. The minimum absolute atomic E-state index is 0.322. The lowest BCUT2D eigenvalue weighted by molar-refractivity contribution is -0.128. The van der Waals surface area contributed by atoms with Gasteiger partial charge in [-0.1, -0.05) is 43.5 Å². The quantitative estimate of drug-likeness (QED) is 0.0839. The van der Waals surface area contributed by atoms with Gasteiger partial charge in [0.05, 0.1) is 18.8 Å². The molecule has 1 aliphatic carbocycles. The maximum Gasteiger partial charge on any atom is 0.338 e. The van der Waals surface area contributed by atoms with Crippen molar-refractivity contribution in [1.29, 1.82) is 0 Å². The zero-order valence-electron chi connectivity index (χ0n) is 22.8. The molecule has 3 aromatic rings. The molecule has 0 atom stereocenters. The molecule has 1 saturated carbocycles. The van der Waals surface area contributed by atoms with Crippen LogP contribution in [-0.4, -0.2) is 25.2 Å². The van der Waals surface area contributed by atoms with E-state index in [-0.39, 0.29) is 0 Å². The molecule has 1 fully saturated rings. The van der Waals surface area contributed by atoms with Crippen molar-refractivity contribution < 1.29 is 23.8 Å². The number of carbonyl (C=O) groups is 2. The van der Waals surface area contributed by atoms with Crippen LogP contribution in [-0.2, 0) is 9.53 Å². The van der Waals surface area contributed by atoms with Crippen LogP contribution in [0.25, 0.3) is 6.08 Å². The molecule has 4 rings (SSSR count). The lowest BCUT2D eigenvalue weighted by Crippen LogP contribution is -2.08. The molecule has 7 heteroatoms. The van der Waals surface area contributed by atoms with Crippen molar-refractivity contribution in [3.63, 3.8) is 0 Å². The zero-order valence-corrected chi connectivity index (χ0v) is 22.8. The minimum atomic E-state index is -0.429. The Hall–Kier alpha value is -4.26. The predicted molar refractivity (Wildman–Crippen MR) is 158 cm³/mol. The molecule has 40 heavy (non-hydrogen) atoms. The van der Waals surface area contributed by atoms with Crippen LogP contribution < -0.4 is 20.9 Å². The number of anilines is 2. The van der Waals surface area contributed by atoms with Gasteiger partial charge in [0.1, 0.15) is 11.5 Å². The Morgan fingerprint density at radius 2 is 1.43 bits per heavy atom. The van der Waals surface area contributed by atoms with Crippen LogP contribution in [0, 0.1) is 0 Å². The van der Waals surface area contributed by atoms with Gasteiger partial charge in [0.25, 0.3) is 0 Å². The smallest absolute Gasteiger partial charge is 0.338 e. The molecule has 1 aliphatic rings. The summed E-state index contributed by atoms with van der Waals surface area (Å²) in [6, 6.07) is 20.1. The van der Waals surface area contributed by atoms with Gasteiger partial charge in [-0.2, -0.15) is 0 Å². The summed E-state index contributed by atoms with van der Waals surface area (Å²) < 4.78 is 16.5. The van der Waals surface area contributed by atoms with E-state index in [9.17, 15) is 9.59 Å². The molecule has 7 nitrogen and oxygen atoms in total. The monoisotopic (exact) mass is 542 g/mol. The van der Waals surface area contributed by atoms with E-state index in [2.05, 4.69) is 12.1 Å². The van der Waals surface area contributed by atoms with E-state index in [1.165, 1.54) is 43.7 Å². The summed E-state index contributed by atoms with van der Waals surface area (Å²) in [4.78, 5) is 24.3. The second-order valence-corrected chi connectivity index (χ2v) is 10.2. The van der Waals surface area contributed by atoms with Gasteiger partial charge in [-0.25, -0.2) is 9.59 Å². The average molecular weight is 543 g/mol. The highest BCUT2D eigenvalue weighted by Gasteiger charge is 2.15.